The largest absolute Gasteiger partial charge is 0.465 e. The van der Waals surface area contributed by atoms with Crippen LogP contribution < -0.4 is 10.6 Å². The van der Waals surface area contributed by atoms with Gasteiger partial charge in [-0.3, -0.25) is 4.79 Å². The number of rotatable bonds is 11. The van der Waals surface area contributed by atoms with E-state index in [4.69, 9.17) is 9.72 Å². The van der Waals surface area contributed by atoms with E-state index >= 15 is 0 Å². The normalized spacial score (nSPS) is 20.1. The van der Waals surface area contributed by atoms with Crippen LogP contribution in [0.15, 0.2) is 24.5 Å². The maximum Gasteiger partial charge on any atom is 0.451 e. The number of nitrogens with zero attached hydrogens (tertiary/aromatic N) is 3. The van der Waals surface area contributed by atoms with Gasteiger partial charge in [-0.05, 0) is 74.5 Å². The molecule has 7 nitrogen and oxygen atoms in total. The minimum absolute atomic E-state index is 0.00955. The van der Waals surface area contributed by atoms with Crippen LogP contribution in [0.3, 0.4) is 0 Å². The lowest BCUT2D eigenvalue weighted by Gasteiger charge is -2.36. The average molecular weight is 520 g/mol. The Morgan fingerprint density at radius 3 is 2.65 bits per heavy atom. The van der Waals surface area contributed by atoms with Gasteiger partial charge in [0.25, 0.3) is 0 Å². The van der Waals surface area contributed by atoms with Gasteiger partial charge >= 0.3 is 12.1 Å². The molecule has 202 valence electrons. The minimum atomic E-state index is -4.61. The van der Waals surface area contributed by atoms with Gasteiger partial charge < -0.3 is 15.4 Å². The van der Waals surface area contributed by atoms with E-state index in [0.717, 1.165) is 69.0 Å². The van der Waals surface area contributed by atoms with Gasteiger partial charge in [0.05, 0.1) is 13.0 Å². The number of anilines is 1. The maximum atomic E-state index is 12.9. The predicted octanol–water partition coefficient (Wildman–Crippen LogP) is 5.13. The van der Waals surface area contributed by atoms with Gasteiger partial charge in [0.15, 0.2) is 0 Å². The first-order valence-electron chi connectivity index (χ1n) is 13.2. The Kier molecular flexibility index (Phi) is 9.00. The zero-order valence-electron chi connectivity index (χ0n) is 21.5. The quantitative estimate of drug-likeness (QED) is 0.398. The van der Waals surface area contributed by atoms with E-state index in [9.17, 15) is 18.0 Å². The molecule has 2 aliphatic rings. The second kappa shape index (κ2) is 12.2. The van der Waals surface area contributed by atoms with E-state index < -0.39 is 24.0 Å². The first-order chi connectivity index (χ1) is 17.7. The van der Waals surface area contributed by atoms with Crippen LogP contribution in [0.1, 0.15) is 74.6 Å². The SMILES string of the molecule is CC(C)COC(=O)CC(NCC1CC(CCc2ccc3c(n2)NCCC3)C1)c1cnc(C(F)(F)F)nc1. The Bertz CT molecular complexity index is 1040. The molecule has 0 spiro atoms. The van der Waals surface area contributed by atoms with Gasteiger partial charge in [-0.1, -0.05) is 19.9 Å². The van der Waals surface area contributed by atoms with Gasteiger partial charge in [0.2, 0.25) is 5.82 Å². The highest BCUT2D eigenvalue weighted by Gasteiger charge is 2.35. The van der Waals surface area contributed by atoms with Crippen molar-refractivity contribution in [2.75, 3.05) is 25.0 Å². The summed E-state index contributed by atoms with van der Waals surface area (Å²) >= 11 is 0. The smallest absolute Gasteiger partial charge is 0.451 e. The number of fused-ring (bicyclic) bond motifs is 1. The number of halogens is 3. The molecule has 1 fully saturated rings. The van der Waals surface area contributed by atoms with Crippen molar-refractivity contribution in [1.29, 1.82) is 0 Å². The standard InChI is InChI=1S/C27H36F3N5O2/c1-17(2)16-37-24(36)12-23(21-14-33-26(34-15-21)27(28,29)30)32-13-19-10-18(11-19)5-7-22-8-6-20-4-3-9-31-25(20)35-22/h6,8,14-15,17-19,23,32H,3-5,7,9-13,16H2,1-2H3,(H,31,35). The molecule has 0 aromatic carbocycles. The molecule has 0 amide bonds. The minimum Gasteiger partial charge on any atom is -0.465 e. The number of alkyl halides is 3. The monoisotopic (exact) mass is 519 g/mol. The molecule has 1 atom stereocenters. The van der Waals surface area contributed by atoms with Crippen molar-refractivity contribution in [3.63, 3.8) is 0 Å². The number of nitrogens with one attached hydrogen (secondary N) is 2. The van der Waals surface area contributed by atoms with Crippen LogP contribution in [0, 0.1) is 17.8 Å². The summed E-state index contributed by atoms with van der Waals surface area (Å²) in [5, 5.41) is 6.75. The van der Waals surface area contributed by atoms with Gasteiger partial charge in [-0.15, -0.1) is 0 Å². The number of pyridine rings is 1. The number of aryl methyl sites for hydroxylation is 2. The Balaban J connectivity index is 1.26. The number of aromatic nitrogens is 3. The number of hydrogen-bond acceptors (Lipinski definition) is 7. The third-order valence-corrected chi connectivity index (χ3v) is 7.02. The predicted molar refractivity (Wildman–Crippen MR) is 134 cm³/mol. The van der Waals surface area contributed by atoms with Crippen molar-refractivity contribution in [3.05, 3.63) is 47.2 Å². The Morgan fingerprint density at radius 1 is 1.19 bits per heavy atom. The summed E-state index contributed by atoms with van der Waals surface area (Å²) in [5.74, 6) is 0.719. The zero-order chi connectivity index (χ0) is 26.4. The fourth-order valence-corrected chi connectivity index (χ4v) is 4.90. The molecule has 2 aromatic rings. The molecule has 1 aliphatic heterocycles. The van der Waals surface area contributed by atoms with Gasteiger partial charge in [0.1, 0.15) is 5.82 Å². The van der Waals surface area contributed by atoms with E-state index in [1.54, 1.807) is 0 Å². The number of carbonyl (C=O) groups is 1. The summed E-state index contributed by atoms with van der Waals surface area (Å²) in [6, 6.07) is 3.82. The molecule has 1 unspecified atom stereocenters. The highest BCUT2D eigenvalue weighted by atomic mass is 19.4. The van der Waals surface area contributed by atoms with Crippen LogP contribution >= 0.6 is 0 Å². The average Bonchev–Trinajstić information content (AvgIpc) is 2.85. The molecule has 3 heterocycles. The molecule has 2 aromatic heterocycles. The first-order valence-corrected chi connectivity index (χ1v) is 13.2. The molecular weight excluding hydrogens is 483 g/mol. The molecular formula is C27H36F3N5O2. The summed E-state index contributed by atoms with van der Waals surface area (Å²) in [7, 11) is 0. The number of esters is 1. The summed E-state index contributed by atoms with van der Waals surface area (Å²) in [6.45, 7) is 5.83. The summed E-state index contributed by atoms with van der Waals surface area (Å²) < 4.78 is 43.9. The third-order valence-electron chi connectivity index (χ3n) is 7.02. The molecule has 0 bridgehead atoms. The van der Waals surface area contributed by atoms with Crippen LogP contribution in [-0.2, 0) is 28.5 Å². The van der Waals surface area contributed by atoms with Crippen LogP contribution in [0.25, 0.3) is 0 Å². The molecule has 1 saturated carbocycles. The summed E-state index contributed by atoms with van der Waals surface area (Å²) in [4.78, 5) is 24.1. The molecule has 0 radical (unpaired) electrons. The molecule has 1 aliphatic carbocycles. The van der Waals surface area contributed by atoms with Crippen LogP contribution in [0.2, 0.25) is 0 Å². The molecule has 10 heteroatoms. The van der Waals surface area contributed by atoms with Crippen LogP contribution in [0.4, 0.5) is 19.0 Å². The number of ether oxygens (including phenoxy) is 1. The Labute approximate surface area is 216 Å². The van der Waals surface area contributed by atoms with Crippen molar-refractivity contribution in [3.8, 4) is 0 Å². The maximum absolute atomic E-state index is 12.9. The number of carbonyl (C=O) groups excluding carboxylic acids is 1. The second-order valence-corrected chi connectivity index (χ2v) is 10.7. The van der Waals surface area contributed by atoms with Crippen LogP contribution in [0.5, 0.6) is 0 Å². The summed E-state index contributed by atoms with van der Waals surface area (Å²) in [6.07, 6.45) is 4.11. The molecule has 4 rings (SSSR count). The van der Waals surface area contributed by atoms with Crippen molar-refractivity contribution in [1.82, 2.24) is 20.3 Å². The highest BCUT2D eigenvalue weighted by molar-refractivity contribution is 5.70. The van der Waals surface area contributed by atoms with Gasteiger partial charge in [-0.25, -0.2) is 15.0 Å². The van der Waals surface area contributed by atoms with Gasteiger partial charge in [-0.2, -0.15) is 13.2 Å². The Hall–Kier alpha value is -2.75. The van der Waals surface area contributed by atoms with E-state index in [1.807, 2.05) is 13.8 Å². The van der Waals surface area contributed by atoms with E-state index in [2.05, 4.69) is 32.7 Å². The van der Waals surface area contributed by atoms with Crippen molar-refractivity contribution < 1.29 is 22.7 Å². The lowest BCUT2D eigenvalue weighted by molar-refractivity contribution is -0.146. The van der Waals surface area contributed by atoms with Crippen molar-refractivity contribution in [2.45, 2.75) is 71.0 Å². The van der Waals surface area contributed by atoms with E-state index in [1.165, 1.54) is 5.56 Å². The Morgan fingerprint density at radius 2 is 1.95 bits per heavy atom. The molecule has 2 N–H and O–H groups in total. The van der Waals surface area contributed by atoms with Crippen molar-refractivity contribution >= 4 is 11.8 Å². The number of hydrogen-bond donors (Lipinski definition) is 2. The van der Waals surface area contributed by atoms with Crippen LogP contribution in [-0.4, -0.2) is 40.6 Å². The highest BCUT2D eigenvalue weighted by Crippen LogP contribution is 2.37. The van der Waals surface area contributed by atoms with E-state index in [0.29, 0.717) is 30.6 Å². The van der Waals surface area contributed by atoms with Crippen molar-refractivity contribution in [2.24, 2.45) is 17.8 Å². The lowest BCUT2D eigenvalue weighted by atomic mass is 9.72. The fraction of sp³-hybridized carbons (Fsp3) is 0.630. The lowest BCUT2D eigenvalue weighted by Crippen LogP contribution is -2.36. The molecule has 37 heavy (non-hydrogen) atoms. The topological polar surface area (TPSA) is 89.0 Å². The first kappa shape index (κ1) is 27.3. The third kappa shape index (κ3) is 7.87. The second-order valence-electron chi connectivity index (χ2n) is 10.7. The van der Waals surface area contributed by atoms with E-state index in [-0.39, 0.29) is 12.3 Å². The molecule has 0 saturated heterocycles. The van der Waals surface area contributed by atoms with Gasteiger partial charge in [0, 0.05) is 36.2 Å². The fourth-order valence-electron chi connectivity index (χ4n) is 4.90. The zero-order valence-corrected chi connectivity index (χ0v) is 21.5. The summed E-state index contributed by atoms with van der Waals surface area (Å²) in [5.41, 5.74) is 2.86.